The van der Waals surface area contributed by atoms with Crippen LogP contribution in [0.2, 0.25) is 5.02 Å². The highest BCUT2D eigenvalue weighted by Gasteiger charge is 2.15. The number of ether oxygens (including phenoxy) is 3. The molecule has 1 heterocycles. The molecule has 31 heavy (non-hydrogen) atoms. The molecule has 0 aliphatic heterocycles. The van der Waals surface area contributed by atoms with Crippen molar-refractivity contribution in [2.45, 2.75) is 6.92 Å². The summed E-state index contributed by atoms with van der Waals surface area (Å²) < 4.78 is 22.1. The van der Waals surface area contributed by atoms with E-state index < -0.39 is 10.9 Å². The Balaban J connectivity index is 1.58. The van der Waals surface area contributed by atoms with Crippen LogP contribution in [0.15, 0.2) is 63.8 Å². The van der Waals surface area contributed by atoms with Crippen LogP contribution in [0.5, 0.6) is 17.2 Å². The first-order valence-electron chi connectivity index (χ1n) is 9.24. The number of benzene rings is 3. The quantitative estimate of drug-likeness (QED) is 0.282. The van der Waals surface area contributed by atoms with Gasteiger partial charge in [-0.2, -0.15) is 0 Å². The van der Waals surface area contributed by atoms with Crippen LogP contribution in [0.3, 0.4) is 0 Å². The molecular formula is C23H17ClO6S. The molecule has 0 fully saturated rings. The molecule has 4 aromatic rings. The van der Waals surface area contributed by atoms with Gasteiger partial charge >= 0.3 is 10.9 Å². The Hall–Kier alpha value is -3.29. The van der Waals surface area contributed by atoms with Crippen molar-refractivity contribution in [1.82, 2.24) is 0 Å². The third-order valence-electron chi connectivity index (χ3n) is 4.52. The zero-order chi connectivity index (χ0) is 22.0. The monoisotopic (exact) mass is 456 g/mol. The maximum atomic E-state index is 12.4. The minimum absolute atomic E-state index is 0.278. The lowest BCUT2D eigenvalue weighted by molar-refractivity contribution is -0.136. The van der Waals surface area contributed by atoms with E-state index in [9.17, 15) is 9.59 Å². The van der Waals surface area contributed by atoms with Crippen LogP contribution in [0.25, 0.3) is 21.4 Å². The molecule has 0 saturated carbocycles. The fourth-order valence-corrected chi connectivity index (χ4v) is 4.02. The maximum Gasteiger partial charge on any atom is 0.396 e. The molecular weight excluding hydrogens is 440 g/mol. The Morgan fingerprint density at radius 3 is 2.55 bits per heavy atom. The van der Waals surface area contributed by atoms with Crippen LogP contribution in [0.1, 0.15) is 5.56 Å². The lowest BCUT2D eigenvalue weighted by Crippen LogP contribution is -2.18. The first kappa shape index (κ1) is 21.0. The average molecular weight is 457 g/mol. The number of halogens is 1. The summed E-state index contributed by atoms with van der Waals surface area (Å²) in [6, 6.07) is 15.7. The number of carbonyl (C=O) groups is 1. The third-order valence-corrected chi connectivity index (χ3v) is 5.53. The van der Waals surface area contributed by atoms with Crippen LogP contribution in [0.4, 0.5) is 0 Å². The van der Waals surface area contributed by atoms with Crippen molar-refractivity contribution in [2.24, 2.45) is 0 Å². The number of aryl methyl sites for hydroxylation is 1. The normalized spacial score (nSPS) is 10.8. The molecule has 0 bridgehead atoms. The highest BCUT2D eigenvalue weighted by molar-refractivity contribution is 7.16. The fourth-order valence-electron chi connectivity index (χ4n) is 3.07. The molecule has 3 aromatic carbocycles. The molecule has 0 N–H and O–H groups in total. The molecule has 0 aliphatic rings. The van der Waals surface area contributed by atoms with E-state index in [-0.39, 0.29) is 12.4 Å². The Kier molecular flexibility index (Phi) is 5.97. The second-order valence-electron chi connectivity index (χ2n) is 6.65. The Morgan fingerprint density at radius 2 is 1.84 bits per heavy atom. The van der Waals surface area contributed by atoms with Gasteiger partial charge in [0.25, 0.3) is 0 Å². The van der Waals surface area contributed by atoms with Crippen molar-refractivity contribution >= 4 is 39.2 Å². The SMILES string of the molecule is COc1ccc(-c2cc(OC(=O)COc3ccc(Cl)cc3C)cc3sc(=O)oc23)cc1. The predicted octanol–water partition coefficient (Wildman–Crippen LogP) is 5.48. The molecule has 0 atom stereocenters. The van der Waals surface area contributed by atoms with Gasteiger partial charge in [-0.25, -0.2) is 9.59 Å². The van der Waals surface area contributed by atoms with E-state index in [1.165, 1.54) is 0 Å². The zero-order valence-electron chi connectivity index (χ0n) is 16.6. The summed E-state index contributed by atoms with van der Waals surface area (Å²) >= 11 is 6.88. The molecule has 1 aromatic heterocycles. The smallest absolute Gasteiger partial charge is 0.396 e. The van der Waals surface area contributed by atoms with Gasteiger partial charge in [0.2, 0.25) is 0 Å². The van der Waals surface area contributed by atoms with Crippen molar-refractivity contribution in [3.8, 4) is 28.4 Å². The standard InChI is InChI=1S/C23H17ClO6S/c1-13-9-15(24)5-8-19(13)28-12-21(25)29-17-10-18(14-3-6-16(27-2)7-4-14)22-20(11-17)31-23(26)30-22/h3-11H,12H2,1-2H3. The molecule has 0 spiro atoms. The van der Waals surface area contributed by atoms with Crippen molar-refractivity contribution in [3.05, 3.63) is 74.9 Å². The van der Waals surface area contributed by atoms with Crippen LogP contribution in [-0.4, -0.2) is 19.7 Å². The largest absolute Gasteiger partial charge is 0.497 e. The number of fused-ring (bicyclic) bond motifs is 1. The fraction of sp³-hybridized carbons (Fsp3) is 0.130. The first-order chi connectivity index (χ1) is 14.9. The molecule has 8 heteroatoms. The summed E-state index contributed by atoms with van der Waals surface area (Å²) in [4.78, 5) is 23.7. The van der Waals surface area contributed by atoms with Gasteiger partial charge in [0.05, 0.1) is 11.8 Å². The van der Waals surface area contributed by atoms with Gasteiger partial charge in [-0.15, -0.1) is 0 Å². The summed E-state index contributed by atoms with van der Waals surface area (Å²) in [5, 5.41) is 0.589. The molecule has 158 valence electrons. The molecule has 0 aliphatic carbocycles. The van der Waals surface area contributed by atoms with Crippen LogP contribution in [-0.2, 0) is 4.79 Å². The molecule has 0 radical (unpaired) electrons. The number of hydrogen-bond acceptors (Lipinski definition) is 7. The van der Waals surface area contributed by atoms with Crippen LogP contribution >= 0.6 is 22.9 Å². The van der Waals surface area contributed by atoms with E-state index in [2.05, 4.69) is 0 Å². The van der Waals surface area contributed by atoms with Gasteiger partial charge < -0.3 is 18.6 Å². The van der Waals surface area contributed by atoms with Crippen molar-refractivity contribution < 1.29 is 23.4 Å². The Morgan fingerprint density at radius 1 is 1.06 bits per heavy atom. The summed E-state index contributed by atoms with van der Waals surface area (Å²) in [5.41, 5.74) is 2.67. The molecule has 4 rings (SSSR count). The van der Waals surface area contributed by atoms with E-state index in [1.54, 1.807) is 49.6 Å². The Bertz CT molecular complexity index is 1310. The molecule has 0 amide bonds. The van der Waals surface area contributed by atoms with Gasteiger partial charge in [-0.05, 0) is 54.4 Å². The lowest BCUT2D eigenvalue weighted by Gasteiger charge is -2.10. The van der Waals surface area contributed by atoms with Gasteiger partial charge in [-0.1, -0.05) is 35.1 Å². The van der Waals surface area contributed by atoms with E-state index in [0.717, 1.165) is 22.5 Å². The van der Waals surface area contributed by atoms with Gasteiger partial charge in [0, 0.05) is 16.7 Å². The van der Waals surface area contributed by atoms with Gasteiger partial charge in [-0.3, -0.25) is 0 Å². The summed E-state index contributed by atoms with van der Waals surface area (Å²) in [6.45, 7) is 1.56. The van der Waals surface area contributed by atoms with Crippen molar-refractivity contribution in [3.63, 3.8) is 0 Å². The number of esters is 1. The number of carbonyl (C=O) groups excluding carboxylic acids is 1. The predicted molar refractivity (Wildman–Crippen MR) is 120 cm³/mol. The second-order valence-corrected chi connectivity index (χ2v) is 8.07. The number of hydrogen-bond donors (Lipinski definition) is 0. The summed E-state index contributed by atoms with van der Waals surface area (Å²) in [6.07, 6.45) is 0. The Labute approximate surface area is 186 Å². The van der Waals surface area contributed by atoms with Crippen molar-refractivity contribution in [1.29, 1.82) is 0 Å². The highest BCUT2D eigenvalue weighted by Crippen LogP contribution is 2.35. The van der Waals surface area contributed by atoms with Gasteiger partial charge in [0.15, 0.2) is 12.2 Å². The van der Waals surface area contributed by atoms with E-state index in [1.807, 2.05) is 19.1 Å². The van der Waals surface area contributed by atoms with E-state index in [4.69, 9.17) is 30.2 Å². The summed E-state index contributed by atoms with van der Waals surface area (Å²) in [5.74, 6) is 0.954. The zero-order valence-corrected chi connectivity index (χ0v) is 18.2. The van der Waals surface area contributed by atoms with E-state index in [0.29, 0.717) is 32.4 Å². The highest BCUT2D eigenvalue weighted by atomic mass is 35.5. The average Bonchev–Trinajstić information content (AvgIpc) is 3.12. The lowest BCUT2D eigenvalue weighted by atomic mass is 10.0. The number of rotatable bonds is 6. The minimum atomic E-state index is -0.578. The molecule has 6 nitrogen and oxygen atoms in total. The molecule has 0 saturated heterocycles. The van der Waals surface area contributed by atoms with Crippen molar-refractivity contribution in [2.75, 3.05) is 13.7 Å². The maximum absolute atomic E-state index is 12.4. The minimum Gasteiger partial charge on any atom is -0.497 e. The van der Waals surface area contributed by atoms with Crippen LogP contribution in [0, 0.1) is 6.92 Å². The second kappa shape index (κ2) is 8.83. The number of methoxy groups -OCH3 is 1. The third kappa shape index (κ3) is 4.73. The first-order valence-corrected chi connectivity index (χ1v) is 10.4. The molecule has 0 unspecified atom stereocenters. The van der Waals surface area contributed by atoms with Gasteiger partial charge in [0.1, 0.15) is 17.2 Å². The van der Waals surface area contributed by atoms with Crippen LogP contribution < -0.4 is 19.1 Å². The van der Waals surface area contributed by atoms with E-state index >= 15 is 0 Å². The summed E-state index contributed by atoms with van der Waals surface area (Å²) in [7, 11) is 1.58. The topological polar surface area (TPSA) is 75.0 Å².